The molecular weight excluding hydrogens is 313 g/mol. The zero-order valence-electron chi connectivity index (χ0n) is 11.1. The smallest absolute Gasteiger partial charge is 0.260 e. The van der Waals surface area contributed by atoms with Gasteiger partial charge in [-0.3, -0.25) is 0 Å². The lowest BCUT2D eigenvalue weighted by molar-refractivity contribution is 0.424. The normalized spacial score (nSPS) is 11.0. The molecule has 3 aromatic rings. The van der Waals surface area contributed by atoms with Crippen molar-refractivity contribution in [3.63, 3.8) is 0 Å². The fourth-order valence-electron chi connectivity index (χ4n) is 1.99. The van der Waals surface area contributed by atoms with E-state index in [2.05, 4.69) is 10.1 Å². The number of aromatic nitrogens is 2. The highest BCUT2D eigenvalue weighted by Gasteiger charge is 2.16. The van der Waals surface area contributed by atoms with Crippen molar-refractivity contribution in [2.24, 2.45) is 0 Å². The van der Waals surface area contributed by atoms with Crippen molar-refractivity contribution < 1.29 is 8.91 Å². The number of aryl methyl sites for hydroxylation is 1. The molecule has 0 atom stereocenters. The second kappa shape index (κ2) is 5.46. The second-order valence-electron chi connectivity index (χ2n) is 4.54. The summed E-state index contributed by atoms with van der Waals surface area (Å²) in [6.07, 6.45) is 0.207. The molecular formula is C14H11ClFN3OS. The van der Waals surface area contributed by atoms with Crippen molar-refractivity contribution in [3.05, 3.63) is 51.4 Å². The first-order chi connectivity index (χ1) is 10.0. The number of benzene rings is 1. The van der Waals surface area contributed by atoms with Crippen molar-refractivity contribution >= 4 is 27.9 Å². The second-order valence-corrected chi connectivity index (χ2v) is 6.24. The van der Waals surface area contributed by atoms with Gasteiger partial charge in [-0.25, -0.2) is 4.39 Å². The van der Waals surface area contributed by atoms with Crippen LogP contribution in [0.1, 0.15) is 16.3 Å². The molecule has 0 radical (unpaired) electrons. The molecule has 1 aromatic carbocycles. The lowest BCUT2D eigenvalue weighted by Gasteiger charge is -2.00. The number of hydrogen-bond donors (Lipinski definition) is 1. The zero-order valence-corrected chi connectivity index (χ0v) is 12.6. The molecule has 2 N–H and O–H groups in total. The summed E-state index contributed by atoms with van der Waals surface area (Å²) in [7, 11) is 0. The first-order valence-electron chi connectivity index (χ1n) is 6.16. The van der Waals surface area contributed by atoms with Gasteiger partial charge in [-0.05, 0) is 24.6 Å². The summed E-state index contributed by atoms with van der Waals surface area (Å²) in [5.41, 5.74) is 7.02. The molecule has 0 saturated carbocycles. The van der Waals surface area contributed by atoms with Crippen LogP contribution in [0.25, 0.3) is 11.5 Å². The number of halogens is 2. The monoisotopic (exact) mass is 323 g/mol. The number of thiophene rings is 1. The van der Waals surface area contributed by atoms with Gasteiger partial charge < -0.3 is 10.3 Å². The Morgan fingerprint density at radius 2 is 2.24 bits per heavy atom. The minimum absolute atomic E-state index is 0.0777. The first-order valence-corrected chi connectivity index (χ1v) is 7.36. The van der Waals surface area contributed by atoms with E-state index >= 15 is 0 Å². The SMILES string of the molecule is Cc1cc(-c2nc(Cc3cccc(Cl)c3F)no2)c(N)s1. The molecule has 0 aliphatic carbocycles. The fourth-order valence-corrected chi connectivity index (χ4v) is 2.96. The summed E-state index contributed by atoms with van der Waals surface area (Å²) in [5, 5.41) is 4.56. The summed E-state index contributed by atoms with van der Waals surface area (Å²) in [5.74, 6) is 0.264. The predicted molar refractivity (Wildman–Crippen MR) is 81.0 cm³/mol. The Balaban J connectivity index is 1.89. The Bertz CT molecular complexity index is 799. The maximum absolute atomic E-state index is 13.8. The predicted octanol–water partition coefficient (Wildman–Crippen LogP) is 4.07. The molecule has 7 heteroatoms. The third kappa shape index (κ3) is 2.77. The number of nitrogens with two attached hydrogens (primary N) is 1. The number of hydrogen-bond acceptors (Lipinski definition) is 5. The minimum Gasteiger partial charge on any atom is -0.390 e. The van der Waals surface area contributed by atoms with E-state index in [0.29, 0.717) is 27.8 Å². The molecule has 0 aliphatic rings. The fraction of sp³-hybridized carbons (Fsp3) is 0.143. The Kier molecular flexibility index (Phi) is 3.65. The van der Waals surface area contributed by atoms with E-state index < -0.39 is 5.82 Å². The molecule has 4 nitrogen and oxygen atoms in total. The molecule has 2 heterocycles. The van der Waals surface area contributed by atoms with Gasteiger partial charge in [0, 0.05) is 11.3 Å². The van der Waals surface area contributed by atoms with E-state index in [1.54, 1.807) is 12.1 Å². The van der Waals surface area contributed by atoms with E-state index in [-0.39, 0.29) is 11.4 Å². The van der Waals surface area contributed by atoms with Gasteiger partial charge in [0.1, 0.15) is 5.82 Å². The number of nitrogen functional groups attached to an aromatic ring is 1. The molecule has 2 aromatic heterocycles. The minimum atomic E-state index is -0.462. The molecule has 0 amide bonds. The van der Waals surface area contributed by atoms with E-state index in [0.717, 1.165) is 4.88 Å². The molecule has 3 rings (SSSR count). The summed E-state index contributed by atoms with van der Waals surface area (Å²) >= 11 is 7.20. The summed E-state index contributed by atoms with van der Waals surface area (Å²) in [6, 6.07) is 6.70. The van der Waals surface area contributed by atoms with Crippen LogP contribution in [0.15, 0.2) is 28.8 Å². The van der Waals surface area contributed by atoms with Crippen LogP contribution in [0.5, 0.6) is 0 Å². The van der Waals surface area contributed by atoms with Gasteiger partial charge >= 0.3 is 0 Å². The van der Waals surface area contributed by atoms with Gasteiger partial charge in [-0.2, -0.15) is 4.98 Å². The summed E-state index contributed by atoms with van der Waals surface area (Å²) in [6.45, 7) is 1.95. The van der Waals surface area contributed by atoms with Crippen molar-refractivity contribution in [3.8, 4) is 11.5 Å². The summed E-state index contributed by atoms with van der Waals surface area (Å²) in [4.78, 5) is 5.32. The Labute approximate surface area is 129 Å². The van der Waals surface area contributed by atoms with Crippen LogP contribution in [0.3, 0.4) is 0 Å². The first kappa shape index (κ1) is 14.0. The van der Waals surface area contributed by atoms with Crippen molar-refractivity contribution in [2.75, 3.05) is 5.73 Å². The van der Waals surface area contributed by atoms with Crippen LogP contribution < -0.4 is 5.73 Å². The average molecular weight is 324 g/mol. The van der Waals surface area contributed by atoms with Crippen molar-refractivity contribution in [2.45, 2.75) is 13.3 Å². The average Bonchev–Trinajstić information content (AvgIpc) is 3.01. The largest absolute Gasteiger partial charge is 0.390 e. The number of nitrogens with zero attached hydrogens (tertiary/aromatic N) is 2. The molecule has 0 unspecified atom stereocenters. The molecule has 0 fully saturated rings. The van der Waals surface area contributed by atoms with Gasteiger partial charge in [0.25, 0.3) is 5.89 Å². The molecule has 0 bridgehead atoms. The van der Waals surface area contributed by atoms with E-state index in [9.17, 15) is 4.39 Å². The maximum atomic E-state index is 13.8. The highest BCUT2D eigenvalue weighted by Crippen LogP contribution is 2.32. The van der Waals surface area contributed by atoms with Crippen LogP contribution in [-0.2, 0) is 6.42 Å². The van der Waals surface area contributed by atoms with Gasteiger partial charge in [-0.1, -0.05) is 28.9 Å². The quantitative estimate of drug-likeness (QED) is 0.789. The van der Waals surface area contributed by atoms with Gasteiger partial charge in [-0.15, -0.1) is 11.3 Å². The Hall–Kier alpha value is -1.92. The van der Waals surface area contributed by atoms with Crippen LogP contribution in [0, 0.1) is 12.7 Å². The number of anilines is 1. The van der Waals surface area contributed by atoms with Crippen LogP contribution in [-0.4, -0.2) is 10.1 Å². The Morgan fingerprint density at radius 3 is 2.95 bits per heavy atom. The van der Waals surface area contributed by atoms with Gasteiger partial charge in [0.15, 0.2) is 5.82 Å². The topological polar surface area (TPSA) is 64.9 Å². The highest BCUT2D eigenvalue weighted by atomic mass is 35.5. The van der Waals surface area contributed by atoms with E-state index in [4.69, 9.17) is 21.9 Å². The van der Waals surface area contributed by atoms with Crippen molar-refractivity contribution in [1.29, 1.82) is 0 Å². The molecule has 21 heavy (non-hydrogen) atoms. The molecule has 0 saturated heterocycles. The lowest BCUT2D eigenvalue weighted by Crippen LogP contribution is -1.95. The third-order valence-corrected chi connectivity index (χ3v) is 4.13. The summed E-state index contributed by atoms with van der Waals surface area (Å²) < 4.78 is 19.0. The number of rotatable bonds is 3. The molecule has 0 aliphatic heterocycles. The molecule has 108 valence electrons. The maximum Gasteiger partial charge on any atom is 0.260 e. The zero-order chi connectivity index (χ0) is 15.0. The van der Waals surface area contributed by atoms with Crippen molar-refractivity contribution in [1.82, 2.24) is 10.1 Å². The third-order valence-electron chi connectivity index (χ3n) is 2.96. The molecule has 0 spiro atoms. The standard InChI is InChI=1S/C14H11ClFN3OS/c1-7-5-9(13(17)21-7)14-18-11(19-20-14)6-8-3-2-4-10(15)12(8)16/h2-5H,6,17H2,1H3. The van der Waals surface area contributed by atoms with Crippen LogP contribution >= 0.6 is 22.9 Å². The van der Waals surface area contributed by atoms with Crippen LogP contribution in [0.2, 0.25) is 5.02 Å². The highest BCUT2D eigenvalue weighted by molar-refractivity contribution is 7.16. The van der Waals surface area contributed by atoms with E-state index in [1.807, 2.05) is 13.0 Å². The Morgan fingerprint density at radius 1 is 1.43 bits per heavy atom. The lowest BCUT2D eigenvalue weighted by atomic mass is 10.1. The van der Waals surface area contributed by atoms with Gasteiger partial charge in [0.05, 0.1) is 15.6 Å². The van der Waals surface area contributed by atoms with Gasteiger partial charge in [0.2, 0.25) is 0 Å². The van der Waals surface area contributed by atoms with Crippen LogP contribution in [0.4, 0.5) is 9.39 Å². The van der Waals surface area contributed by atoms with E-state index in [1.165, 1.54) is 17.4 Å².